The molecule has 0 aliphatic heterocycles. The quantitative estimate of drug-likeness (QED) is 0.844. The van der Waals surface area contributed by atoms with Crippen molar-refractivity contribution < 1.29 is 23.1 Å². The lowest BCUT2D eigenvalue weighted by Gasteiger charge is -2.14. The first-order valence-electron chi connectivity index (χ1n) is 6.30. The second-order valence-electron chi connectivity index (χ2n) is 4.43. The fourth-order valence-electron chi connectivity index (χ4n) is 1.66. The van der Waals surface area contributed by atoms with Crippen LogP contribution in [0.2, 0.25) is 0 Å². The molecule has 1 aromatic heterocycles. The first kappa shape index (κ1) is 16.4. The summed E-state index contributed by atoms with van der Waals surface area (Å²) in [7, 11) is 0. The smallest absolute Gasteiger partial charge is 0.396 e. The fraction of sp³-hybridized carbons (Fsp3) is 0.538. The SMILES string of the molecule is CCC(CCO)CNC(=O)c1ccc(C(F)(F)F)cn1. The minimum Gasteiger partial charge on any atom is -0.396 e. The van der Waals surface area contributed by atoms with Gasteiger partial charge in [-0.2, -0.15) is 13.2 Å². The maximum absolute atomic E-state index is 12.3. The Bertz CT molecular complexity index is 432. The van der Waals surface area contributed by atoms with E-state index in [0.717, 1.165) is 18.6 Å². The van der Waals surface area contributed by atoms with Crippen molar-refractivity contribution >= 4 is 5.91 Å². The number of carbonyl (C=O) groups is 1. The molecule has 0 bridgehead atoms. The summed E-state index contributed by atoms with van der Waals surface area (Å²) in [6, 6.07) is 1.87. The minimum absolute atomic E-state index is 0.0346. The lowest BCUT2D eigenvalue weighted by atomic mass is 10.0. The van der Waals surface area contributed by atoms with Crippen molar-refractivity contribution in [3.05, 3.63) is 29.6 Å². The van der Waals surface area contributed by atoms with E-state index >= 15 is 0 Å². The molecule has 0 aromatic carbocycles. The highest BCUT2D eigenvalue weighted by Gasteiger charge is 2.30. The molecule has 7 heteroatoms. The predicted molar refractivity (Wildman–Crippen MR) is 67.1 cm³/mol. The predicted octanol–water partition coefficient (Wildman–Crippen LogP) is 2.24. The van der Waals surface area contributed by atoms with Gasteiger partial charge in [0, 0.05) is 19.3 Å². The molecule has 0 saturated carbocycles. The lowest BCUT2D eigenvalue weighted by Crippen LogP contribution is -2.30. The number of alkyl halides is 3. The second-order valence-corrected chi connectivity index (χ2v) is 4.43. The van der Waals surface area contributed by atoms with Crippen molar-refractivity contribution in [3.63, 3.8) is 0 Å². The van der Waals surface area contributed by atoms with Crippen LogP contribution < -0.4 is 5.32 Å². The van der Waals surface area contributed by atoms with Gasteiger partial charge in [-0.3, -0.25) is 9.78 Å². The van der Waals surface area contributed by atoms with Gasteiger partial charge in [0.15, 0.2) is 0 Å². The standard InChI is InChI=1S/C13H17F3N2O2/c1-2-9(5-6-19)7-18-12(20)11-4-3-10(8-17-11)13(14,15)16/h3-4,8-9,19H,2,5-7H2,1H3,(H,18,20). The number of carbonyl (C=O) groups excluding carboxylic acids is 1. The van der Waals surface area contributed by atoms with Crippen LogP contribution in [0.25, 0.3) is 0 Å². The van der Waals surface area contributed by atoms with Crippen LogP contribution in [0, 0.1) is 5.92 Å². The molecule has 20 heavy (non-hydrogen) atoms. The van der Waals surface area contributed by atoms with E-state index in [4.69, 9.17) is 5.11 Å². The Morgan fingerprint density at radius 2 is 2.15 bits per heavy atom. The van der Waals surface area contributed by atoms with Crippen LogP contribution in [-0.4, -0.2) is 29.1 Å². The highest BCUT2D eigenvalue weighted by atomic mass is 19.4. The van der Waals surface area contributed by atoms with Crippen molar-refractivity contribution in [3.8, 4) is 0 Å². The van der Waals surface area contributed by atoms with Gasteiger partial charge in [-0.1, -0.05) is 13.3 Å². The van der Waals surface area contributed by atoms with Crippen molar-refractivity contribution in [1.82, 2.24) is 10.3 Å². The summed E-state index contributed by atoms with van der Waals surface area (Å²) in [4.78, 5) is 15.2. The van der Waals surface area contributed by atoms with E-state index in [1.807, 2.05) is 6.92 Å². The number of halogens is 3. The van der Waals surface area contributed by atoms with Crippen LogP contribution >= 0.6 is 0 Å². The van der Waals surface area contributed by atoms with Crippen molar-refractivity contribution in [2.24, 2.45) is 5.92 Å². The molecule has 1 aromatic rings. The van der Waals surface area contributed by atoms with Gasteiger partial charge >= 0.3 is 6.18 Å². The maximum atomic E-state index is 12.3. The Kier molecular flexibility index (Phi) is 5.94. The minimum atomic E-state index is -4.46. The third kappa shape index (κ3) is 4.80. The molecule has 1 unspecified atom stereocenters. The zero-order chi connectivity index (χ0) is 15.2. The molecule has 0 aliphatic carbocycles. The summed E-state index contributed by atoms with van der Waals surface area (Å²) < 4.78 is 37.0. The van der Waals surface area contributed by atoms with Crippen LogP contribution in [-0.2, 0) is 6.18 Å². The summed E-state index contributed by atoms with van der Waals surface area (Å²) in [6.07, 6.45) is -2.46. The molecule has 1 rings (SSSR count). The zero-order valence-corrected chi connectivity index (χ0v) is 11.1. The molecule has 0 fully saturated rings. The molecular weight excluding hydrogens is 273 g/mol. The third-order valence-corrected chi connectivity index (χ3v) is 2.99. The van der Waals surface area contributed by atoms with Crippen molar-refractivity contribution in [2.75, 3.05) is 13.2 Å². The van der Waals surface area contributed by atoms with E-state index in [1.54, 1.807) is 0 Å². The van der Waals surface area contributed by atoms with Gasteiger partial charge in [-0.25, -0.2) is 0 Å². The van der Waals surface area contributed by atoms with E-state index in [9.17, 15) is 18.0 Å². The van der Waals surface area contributed by atoms with E-state index in [-0.39, 0.29) is 18.2 Å². The number of pyridine rings is 1. The van der Waals surface area contributed by atoms with Gasteiger partial charge in [-0.05, 0) is 24.5 Å². The number of aliphatic hydroxyl groups excluding tert-OH is 1. The number of aliphatic hydroxyl groups is 1. The number of amides is 1. The molecule has 4 nitrogen and oxygen atoms in total. The summed E-state index contributed by atoms with van der Waals surface area (Å²) in [5.41, 5.74) is -0.947. The number of hydrogen-bond acceptors (Lipinski definition) is 3. The third-order valence-electron chi connectivity index (χ3n) is 2.99. The normalized spacial score (nSPS) is 13.1. The van der Waals surface area contributed by atoms with Crippen LogP contribution in [0.4, 0.5) is 13.2 Å². The molecule has 0 aliphatic rings. The summed E-state index contributed by atoms with van der Waals surface area (Å²) in [6.45, 7) is 2.33. The van der Waals surface area contributed by atoms with Gasteiger partial charge in [-0.15, -0.1) is 0 Å². The van der Waals surface area contributed by atoms with Crippen LogP contribution in [0.5, 0.6) is 0 Å². The molecule has 0 spiro atoms. The topological polar surface area (TPSA) is 62.2 Å². The average molecular weight is 290 g/mol. The van der Waals surface area contributed by atoms with Crippen molar-refractivity contribution in [2.45, 2.75) is 25.9 Å². The number of rotatable bonds is 6. The Morgan fingerprint density at radius 1 is 1.45 bits per heavy atom. The molecule has 1 heterocycles. The molecule has 112 valence electrons. The Morgan fingerprint density at radius 3 is 2.60 bits per heavy atom. The maximum Gasteiger partial charge on any atom is 0.417 e. The monoisotopic (exact) mass is 290 g/mol. The average Bonchev–Trinajstić information content (AvgIpc) is 2.42. The fourth-order valence-corrected chi connectivity index (χ4v) is 1.66. The molecule has 1 atom stereocenters. The van der Waals surface area contributed by atoms with Crippen LogP contribution in [0.1, 0.15) is 35.8 Å². The van der Waals surface area contributed by atoms with Gasteiger partial charge < -0.3 is 10.4 Å². The molecule has 1 amide bonds. The largest absolute Gasteiger partial charge is 0.417 e. The molecular formula is C13H17F3N2O2. The van der Waals surface area contributed by atoms with E-state index in [0.29, 0.717) is 19.2 Å². The van der Waals surface area contributed by atoms with Crippen LogP contribution in [0.15, 0.2) is 18.3 Å². The van der Waals surface area contributed by atoms with Gasteiger partial charge in [0.1, 0.15) is 5.69 Å². The number of aromatic nitrogens is 1. The zero-order valence-electron chi connectivity index (χ0n) is 11.1. The second kappa shape index (κ2) is 7.23. The Labute approximate surface area is 115 Å². The highest BCUT2D eigenvalue weighted by molar-refractivity contribution is 5.92. The van der Waals surface area contributed by atoms with E-state index < -0.39 is 17.6 Å². The van der Waals surface area contributed by atoms with Gasteiger partial charge in [0.05, 0.1) is 5.56 Å². The summed E-state index contributed by atoms with van der Waals surface area (Å²) in [5, 5.41) is 11.4. The van der Waals surface area contributed by atoms with Gasteiger partial charge in [0.2, 0.25) is 0 Å². The first-order chi connectivity index (χ1) is 9.38. The lowest BCUT2D eigenvalue weighted by molar-refractivity contribution is -0.137. The Balaban J connectivity index is 2.60. The highest BCUT2D eigenvalue weighted by Crippen LogP contribution is 2.28. The molecule has 0 saturated heterocycles. The van der Waals surface area contributed by atoms with E-state index in [1.165, 1.54) is 0 Å². The molecule has 2 N–H and O–H groups in total. The molecule has 0 radical (unpaired) electrons. The summed E-state index contributed by atoms with van der Waals surface area (Å²) >= 11 is 0. The number of nitrogens with zero attached hydrogens (tertiary/aromatic N) is 1. The first-order valence-corrected chi connectivity index (χ1v) is 6.30. The number of hydrogen-bond donors (Lipinski definition) is 2. The van der Waals surface area contributed by atoms with Crippen LogP contribution in [0.3, 0.4) is 0 Å². The number of nitrogens with one attached hydrogen (secondary N) is 1. The Hall–Kier alpha value is -1.63. The van der Waals surface area contributed by atoms with Crippen molar-refractivity contribution in [1.29, 1.82) is 0 Å². The summed E-state index contributed by atoms with van der Waals surface area (Å²) in [5.74, 6) is -0.381. The van der Waals surface area contributed by atoms with Gasteiger partial charge in [0.25, 0.3) is 5.91 Å². The van der Waals surface area contributed by atoms with E-state index in [2.05, 4.69) is 10.3 Å².